The molecule has 0 aliphatic heterocycles. The van der Waals surface area contributed by atoms with Crippen molar-refractivity contribution in [1.29, 1.82) is 5.41 Å². The first-order chi connectivity index (χ1) is 5.79. The van der Waals surface area contributed by atoms with Crippen LogP contribution in [0.25, 0.3) is 0 Å². The Morgan fingerprint density at radius 3 is 2.58 bits per heavy atom. The molecule has 1 heterocycles. The van der Waals surface area contributed by atoms with Crippen molar-refractivity contribution >= 4 is 5.84 Å². The van der Waals surface area contributed by atoms with Gasteiger partial charge in [0.15, 0.2) is 11.6 Å². The van der Waals surface area contributed by atoms with Crippen LogP contribution in [0.3, 0.4) is 0 Å². The Bertz CT molecular complexity index is 237. The lowest BCUT2D eigenvalue weighted by molar-refractivity contribution is 0.444. The molecule has 3 heteroatoms. The van der Waals surface area contributed by atoms with Crippen molar-refractivity contribution in [3.05, 3.63) is 24.2 Å². The van der Waals surface area contributed by atoms with Gasteiger partial charge in [-0.25, -0.2) is 0 Å². The van der Waals surface area contributed by atoms with Crippen LogP contribution in [0.5, 0.6) is 0 Å². The fourth-order valence-electron chi connectivity index (χ4n) is 1.11. The van der Waals surface area contributed by atoms with Crippen LogP contribution in [0.1, 0.15) is 19.6 Å². The zero-order valence-corrected chi connectivity index (χ0v) is 7.50. The largest absolute Gasteiger partial charge is 0.461 e. The van der Waals surface area contributed by atoms with Crippen LogP contribution >= 0.6 is 0 Å². The number of nitrogens with one attached hydrogen (secondary N) is 1. The van der Waals surface area contributed by atoms with Gasteiger partial charge >= 0.3 is 0 Å². The molecule has 0 fully saturated rings. The normalized spacial score (nSPS) is 9.83. The van der Waals surface area contributed by atoms with Crippen LogP contribution in [-0.4, -0.2) is 23.8 Å². The molecular weight excluding hydrogens is 152 g/mol. The van der Waals surface area contributed by atoms with Gasteiger partial charge in [-0.05, 0) is 26.0 Å². The van der Waals surface area contributed by atoms with E-state index in [0.29, 0.717) is 11.6 Å². The van der Waals surface area contributed by atoms with Crippen LogP contribution in [0.15, 0.2) is 22.8 Å². The third-order valence-electron chi connectivity index (χ3n) is 1.83. The Kier molecular flexibility index (Phi) is 2.91. The van der Waals surface area contributed by atoms with Crippen LogP contribution in [0, 0.1) is 5.41 Å². The number of amidine groups is 1. The molecule has 66 valence electrons. The number of furan rings is 1. The summed E-state index contributed by atoms with van der Waals surface area (Å²) in [6.07, 6.45) is 1.59. The smallest absolute Gasteiger partial charge is 0.168 e. The second-order valence-corrected chi connectivity index (χ2v) is 2.50. The number of hydrogen-bond donors (Lipinski definition) is 1. The zero-order chi connectivity index (χ0) is 8.97. The van der Waals surface area contributed by atoms with Gasteiger partial charge in [0.05, 0.1) is 6.26 Å². The molecule has 1 aromatic heterocycles. The second-order valence-electron chi connectivity index (χ2n) is 2.50. The summed E-state index contributed by atoms with van der Waals surface area (Å²) in [4.78, 5) is 1.94. The molecule has 1 N–H and O–H groups in total. The maximum atomic E-state index is 7.74. The SMILES string of the molecule is CCN(CC)C(=N)c1ccco1. The summed E-state index contributed by atoms with van der Waals surface area (Å²) < 4.78 is 5.11. The first-order valence-electron chi connectivity index (χ1n) is 4.17. The van der Waals surface area contributed by atoms with E-state index in [4.69, 9.17) is 9.83 Å². The highest BCUT2D eigenvalue weighted by Gasteiger charge is 2.09. The highest BCUT2D eigenvalue weighted by Crippen LogP contribution is 2.04. The molecular formula is C9H14N2O. The summed E-state index contributed by atoms with van der Waals surface area (Å²) in [5, 5.41) is 7.74. The predicted molar refractivity (Wildman–Crippen MR) is 48.5 cm³/mol. The molecule has 1 aromatic rings. The monoisotopic (exact) mass is 166 g/mol. The van der Waals surface area contributed by atoms with Gasteiger partial charge in [-0.3, -0.25) is 5.41 Å². The highest BCUT2D eigenvalue weighted by molar-refractivity contribution is 5.93. The van der Waals surface area contributed by atoms with Crippen molar-refractivity contribution in [2.45, 2.75) is 13.8 Å². The van der Waals surface area contributed by atoms with Crippen LogP contribution < -0.4 is 0 Å². The number of rotatable bonds is 3. The van der Waals surface area contributed by atoms with Crippen molar-refractivity contribution in [1.82, 2.24) is 4.90 Å². The standard InChI is InChI=1S/C9H14N2O/c1-3-11(4-2)9(10)8-6-5-7-12-8/h5-7,10H,3-4H2,1-2H3. The van der Waals surface area contributed by atoms with Gasteiger partial charge < -0.3 is 9.32 Å². The maximum Gasteiger partial charge on any atom is 0.168 e. The molecule has 0 aliphatic carbocycles. The van der Waals surface area contributed by atoms with E-state index in [1.807, 2.05) is 18.7 Å². The van der Waals surface area contributed by atoms with Crippen molar-refractivity contribution < 1.29 is 4.42 Å². The Balaban J connectivity index is 2.70. The molecule has 0 aromatic carbocycles. The topological polar surface area (TPSA) is 40.2 Å². The predicted octanol–water partition coefficient (Wildman–Crippen LogP) is 1.95. The van der Waals surface area contributed by atoms with E-state index in [0.717, 1.165) is 13.1 Å². The van der Waals surface area contributed by atoms with E-state index in [1.54, 1.807) is 18.4 Å². The Morgan fingerprint density at radius 1 is 1.50 bits per heavy atom. The highest BCUT2D eigenvalue weighted by atomic mass is 16.3. The van der Waals surface area contributed by atoms with Crippen molar-refractivity contribution in [2.75, 3.05) is 13.1 Å². The molecule has 0 amide bonds. The Hall–Kier alpha value is -1.25. The van der Waals surface area contributed by atoms with Crippen molar-refractivity contribution in [2.24, 2.45) is 0 Å². The fraction of sp³-hybridized carbons (Fsp3) is 0.444. The summed E-state index contributed by atoms with van der Waals surface area (Å²) in [6, 6.07) is 3.61. The molecule has 3 nitrogen and oxygen atoms in total. The first-order valence-corrected chi connectivity index (χ1v) is 4.17. The minimum Gasteiger partial charge on any atom is -0.461 e. The molecule has 0 unspecified atom stereocenters. The summed E-state index contributed by atoms with van der Waals surface area (Å²) in [6.45, 7) is 5.74. The van der Waals surface area contributed by atoms with Crippen LogP contribution in [0.4, 0.5) is 0 Å². The molecule has 0 saturated heterocycles. The average Bonchev–Trinajstić information content (AvgIpc) is 2.58. The lowest BCUT2D eigenvalue weighted by Gasteiger charge is -2.19. The number of nitrogens with zero attached hydrogens (tertiary/aromatic N) is 1. The molecule has 0 atom stereocenters. The molecule has 0 saturated carbocycles. The van der Waals surface area contributed by atoms with E-state index >= 15 is 0 Å². The summed E-state index contributed by atoms with van der Waals surface area (Å²) in [5.74, 6) is 1.10. The van der Waals surface area contributed by atoms with E-state index in [1.165, 1.54) is 0 Å². The summed E-state index contributed by atoms with van der Waals surface area (Å²) >= 11 is 0. The van der Waals surface area contributed by atoms with Gasteiger partial charge in [0.25, 0.3) is 0 Å². The van der Waals surface area contributed by atoms with Crippen molar-refractivity contribution in [3.8, 4) is 0 Å². The number of hydrogen-bond acceptors (Lipinski definition) is 2. The molecule has 12 heavy (non-hydrogen) atoms. The van der Waals surface area contributed by atoms with Gasteiger partial charge in [0.2, 0.25) is 0 Å². The van der Waals surface area contributed by atoms with Gasteiger partial charge in [0.1, 0.15) is 0 Å². The van der Waals surface area contributed by atoms with Gasteiger partial charge in [-0.1, -0.05) is 0 Å². The zero-order valence-electron chi connectivity index (χ0n) is 7.50. The minimum absolute atomic E-state index is 0.463. The third-order valence-corrected chi connectivity index (χ3v) is 1.83. The minimum atomic E-state index is 0.463. The first kappa shape index (κ1) is 8.84. The van der Waals surface area contributed by atoms with E-state index < -0.39 is 0 Å². The lowest BCUT2D eigenvalue weighted by atomic mass is 10.3. The second kappa shape index (κ2) is 3.95. The molecule has 0 aliphatic rings. The van der Waals surface area contributed by atoms with Gasteiger partial charge in [0, 0.05) is 13.1 Å². The summed E-state index contributed by atoms with van der Waals surface area (Å²) in [5.41, 5.74) is 0. The van der Waals surface area contributed by atoms with Gasteiger partial charge in [-0.2, -0.15) is 0 Å². The van der Waals surface area contributed by atoms with Gasteiger partial charge in [-0.15, -0.1) is 0 Å². The Morgan fingerprint density at radius 2 is 2.17 bits per heavy atom. The van der Waals surface area contributed by atoms with Crippen LogP contribution in [-0.2, 0) is 0 Å². The van der Waals surface area contributed by atoms with E-state index in [-0.39, 0.29) is 0 Å². The molecule has 0 spiro atoms. The molecule has 0 radical (unpaired) electrons. The lowest BCUT2D eigenvalue weighted by Crippen LogP contribution is -2.30. The molecule has 1 rings (SSSR count). The molecule has 0 bridgehead atoms. The van der Waals surface area contributed by atoms with E-state index in [2.05, 4.69) is 0 Å². The van der Waals surface area contributed by atoms with Crippen LogP contribution in [0.2, 0.25) is 0 Å². The quantitative estimate of drug-likeness (QED) is 0.550. The fourth-order valence-corrected chi connectivity index (χ4v) is 1.11. The third kappa shape index (κ3) is 1.67. The van der Waals surface area contributed by atoms with E-state index in [9.17, 15) is 0 Å². The average molecular weight is 166 g/mol. The summed E-state index contributed by atoms with van der Waals surface area (Å²) in [7, 11) is 0. The van der Waals surface area contributed by atoms with Crippen molar-refractivity contribution in [3.63, 3.8) is 0 Å². The maximum absolute atomic E-state index is 7.74. The Labute approximate surface area is 72.5 Å².